The van der Waals surface area contributed by atoms with Crippen LogP contribution in [0.1, 0.15) is 12.8 Å². The van der Waals surface area contributed by atoms with Crippen LogP contribution in [0.2, 0.25) is 0 Å². The van der Waals surface area contributed by atoms with Crippen LogP contribution in [-0.4, -0.2) is 17.2 Å². The van der Waals surface area contributed by atoms with Crippen LogP contribution in [0.25, 0.3) is 0 Å². The fourth-order valence-corrected chi connectivity index (χ4v) is 1.07. The third kappa shape index (κ3) is 4.32. The van der Waals surface area contributed by atoms with Crippen LogP contribution in [0.4, 0.5) is 4.39 Å². The molecule has 0 saturated heterocycles. The maximum Gasteiger partial charge on any atom is 0.233 e. The number of alkyl halides is 1. The highest BCUT2D eigenvalue weighted by atomic mass is 35.5. The molecule has 0 saturated carbocycles. The predicted molar refractivity (Wildman–Crippen MR) is 40.4 cm³/mol. The Balaban J connectivity index is 3.90. The molecule has 0 fully saturated rings. The minimum atomic E-state index is -1.05. The molecule has 0 aliphatic heterocycles. The van der Waals surface area contributed by atoms with E-state index in [0.717, 1.165) is 0 Å². The van der Waals surface area contributed by atoms with Crippen molar-refractivity contribution in [2.24, 2.45) is 5.92 Å². The van der Waals surface area contributed by atoms with E-state index in [1.54, 1.807) is 0 Å². The highest BCUT2D eigenvalue weighted by Gasteiger charge is 2.22. The van der Waals surface area contributed by atoms with Gasteiger partial charge in [-0.25, -0.2) is 0 Å². The Morgan fingerprint density at radius 3 is 2.00 bits per heavy atom. The molecule has 0 N–H and O–H groups in total. The number of carbonyl (C=O) groups is 2. The molecule has 0 rings (SSSR count). The maximum atomic E-state index is 11.6. The van der Waals surface area contributed by atoms with E-state index in [4.69, 9.17) is 23.2 Å². The van der Waals surface area contributed by atoms with Crippen molar-refractivity contribution in [3.63, 3.8) is 0 Å². The molecule has 0 aliphatic rings. The molecule has 0 bridgehead atoms. The average Bonchev–Trinajstić information content (AvgIpc) is 1.87. The molecule has 0 aromatic carbocycles. The quantitative estimate of drug-likeness (QED) is 0.502. The Kier molecular flexibility index (Phi) is 5.42. The van der Waals surface area contributed by atoms with E-state index in [1.165, 1.54) is 0 Å². The highest BCUT2D eigenvalue weighted by molar-refractivity contribution is 6.73. The van der Waals surface area contributed by atoms with E-state index in [2.05, 4.69) is 0 Å². The van der Waals surface area contributed by atoms with Gasteiger partial charge in [0.25, 0.3) is 0 Å². The van der Waals surface area contributed by atoms with Crippen molar-refractivity contribution in [2.45, 2.75) is 12.8 Å². The molecule has 64 valence electrons. The molecule has 0 aliphatic carbocycles. The molecule has 0 unspecified atom stereocenters. The first-order valence-corrected chi connectivity index (χ1v) is 3.80. The van der Waals surface area contributed by atoms with Gasteiger partial charge in [0.05, 0.1) is 6.67 Å². The molecule has 0 spiro atoms. The molecular formula is C6H7Cl2FO2. The zero-order valence-electron chi connectivity index (χ0n) is 5.65. The van der Waals surface area contributed by atoms with Crippen LogP contribution >= 0.6 is 23.2 Å². The van der Waals surface area contributed by atoms with E-state index in [-0.39, 0.29) is 12.8 Å². The zero-order valence-corrected chi connectivity index (χ0v) is 7.16. The van der Waals surface area contributed by atoms with E-state index in [9.17, 15) is 14.0 Å². The van der Waals surface area contributed by atoms with Gasteiger partial charge in [0.15, 0.2) is 0 Å². The van der Waals surface area contributed by atoms with Gasteiger partial charge in [0, 0.05) is 0 Å². The third-order valence-electron chi connectivity index (χ3n) is 1.17. The molecule has 0 amide bonds. The number of carbonyl (C=O) groups excluding carboxylic acids is 2. The van der Waals surface area contributed by atoms with Crippen LogP contribution in [0.15, 0.2) is 0 Å². The van der Waals surface area contributed by atoms with Gasteiger partial charge in [0.1, 0.15) is 5.92 Å². The first kappa shape index (κ1) is 10.8. The van der Waals surface area contributed by atoms with Crippen molar-refractivity contribution in [2.75, 3.05) is 6.67 Å². The van der Waals surface area contributed by atoms with Crippen LogP contribution in [0.3, 0.4) is 0 Å². The maximum absolute atomic E-state index is 11.6. The van der Waals surface area contributed by atoms with Gasteiger partial charge in [-0.05, 0) is 36.0 Å². The first-order valence-electron chi connectivity index (χ1n) is 3.04. The molecule has 0 atom stereocenters. The SMILES string of the molecule is O=C(Cl)C(CCCF)C(=O)Cl. The second-order valence-electron chi connectivity index (χ2n) is 1.99. The van der Waals surface area contributed by atoms with Gasteiger partial charge >= 0.3 is 0 Å². The second-order valence-corrected chi connectivity index (χ2v) is 2.74. The van der Waals surface area contributed by atoms with Gasteiger partial charge in [-0.15, -0.1) is 0 Å². The lowest BCUT2D eigenvalue weighted by Gasteiger charge is -2.03. The summed E-state index contributed by atoms with van der Waals surface area (Å²) in [6, 6.07) is 0. The number of rotatable bonds is 5. The molecule has 0 aromatic rings. The minimum Gasteiger partial charge on any atom is -0.280 e. The van der Waals surface area contributed by atoms with Crippen molar-refractivity contribution in [1.82, 2.24) is 0 Å². The molecule has 11 heavy (non-hydrogen) atoms. The van der Waals surface area contributed by atoms with Crippen LogP contribution in [0, 0.1) is 5.92 Å². The Bertz CT molecular complexity index is 147. The Morgan fingerprint density at radius 2 is 1.73 bits per heavy atom. The molecule has 5 heteroatoms. The van der Waals surface area contributed by atoms with E-state index < -0.39 is 23.1 Å². The standard InChI is InChI=1S/C6H7Cl2FO2/c7-5(10)4(6(8)11)2-1-3-9/h4H,1-3H2. The molecule has 0 aromatic heterocycles. The minimum absolute atomic E-state index is 0.0845. The van der Waals surface area contributed by atoms with Crippen molar-refractivity contribution in [3.05, 3.63) is 0 Å². The van der Waals surface area contributed by atoms with Crippen LogP contribution in [0.5, 0.6) is 0 Å². The summed E-state index contributed by atoms with van der Waals surface area (Å²) in [5.74, 6) is -1.05. The summed E-state index contributed by atoms with van der Waals surface area (Å²) < 4.78 is 11.6. The fourth-order valence-electron chi connectivity index (χ4n) is 0.597. The molecule has 2 nitrogen and oxygen atoms in total. The predicted octanol–water partition coefficient (Wildman–Crippen LogP) is 1.88. The third-order valence-corrected chi connectivity index (χ3v) is 1.70. The lowest BCUT2D eigenvalue weighted by Crippen LogP contribution is -2.15. The largest absolute Gasteiger partial charge is 0.280 e. The lowest BCUT2D eigenvalue weighted by atomic mass is 10.1. The number of hydrogen-bond acceptors (Lipinski definition) is 2. The lowest BCUT2D eigenvalue weighted by molar-refractivity contribution is -0.124. The summed E-state index contributed by atoms with van der Waals surface area (Å²) in [5.41, 5.74) is 0. The average molecular weight is 201 g/mol. The Morgan fingerprint density at radius 1 is 1.27 bits per heavy atom. The van der Waals surface area contributed by atoms with Crippen LogP contribution < -0.4 is 0 Å². The van der Waals surface area contributed by atoms with Crippen molar-refractivity contribution in [1.29, 1.82) is 0 Å². The smallest absolute Gasteiger partial charge is 0.233 e. The van der Waals surface area contributed by atoms with Gasteiger partial charge in [-0.2, -0.15) is 0 Å². The summed E-state index contributed by atoms with van der Waals surface area (Å²) in [7, 11) is 0. The normalized spacial score (nSPS) is 10.2. The first-order chi connectivity index (χ1) is 5.09. The van der Waals surface area contributed by atoms with Gasteiger partial charge in [0.2, 0.25) is 10.5 Å². The molecule has 0 heterocycles. The summed E-state index contributed by atoms with van der Waals surface area (Å²) in [6.07, 6.45) is 0.211. The van der Waals surface area contributed by atoms with E-state index in [0.29, 0.717) is 0 Å². The number of hydrogen-bond donors (Lipinski definition) is 0. The summed E-state index contributed by atoms with van der Waals surface area (Å²) in [4.78, 5) is 20.9. The Labute approximate surface area is 73.7 Å². The van der Waals surface area contributed by atoms with Crippen molar-refractivity contribution < 1.29 is 14.0 Å². The summed E-state index contributed by atoms with van der Waals surface area (Å²) in [6.45, 7) is -0.579. The summed E-state index contributed by atoms with van der Waals surface area (Å²) >= 11 is 10.0. The second kappa shape index (κ2) is 5.49. The zero-order chi connectivity index (χ0) is 8.85. The van der Waals surface area contributed by atoms with Gasteiger partial charge in [-0.3, -0.25) is 14.0 Å². The van der Waals surface area contributed by atoms with E-state index >= 15 is 0 Å². The van der Waals surface area contributed by atoms with Gasteiger partial charge in [-0.1, -0.05) is 0 Å². The number of halogens is 3. The Hall–Kier alpha value is -0.150. The van der Waals surface area contributed by atoms with E-state index in [1.807, 2.05) is 0 Å². The summed E-state index contributed by atoms with van der Waals surface area (Å²) in [5, 5.41) is -1.64. The molecular weight excluding hydrogens is 194 g/mol. The highest BCUT2D eigenvalue weighted by Crippen LogP contribution is 2.13. The van der Waals surface area contributed by atoms with Crippen molar-refractivity contribution >= 4 is 33.7 Å². The van der Waals surface area contributed by atoms with Crippen LogP contribution in [-0.2, 0) is 9.59 Å². The van der Waals surface area contributed by atoms with Gasteiger partial charge < -0.3 is 0 Å². The monoisotopic (exact) mass is 200 g/mol. The topological polar surface area (TPSA) is 34.1 Å². The molecule has 0 radical (unpaired) electrons. The van der Waals surface area contributed by atoms with Crippen molar-refractivity contribution in [3.8, 4) is 0 Å². The fraction of sp³-hybridized carbons (Fsp3) is 0.667.